The van der Waals surface area contributed by atoms with Crippen molar-refractivity contribution in [2.75, 3.05) is 11.9 Å². The largest absolute Gasteiger partial charge is 0.294 e. The van der Waals surface area contributed by atoms with E-state index in [1.165, 1.54) is 0 Å². The zero-order chi connectivity index (χ0) is 18.1. The zero-order valence-corrected chi connectivity index (χ0v) is 14.6. The lowest BCUT2D eigenvalue weighted by molar-refractivity contribution is 0.0992. The molecule has 0 saturated heterocycles. The average molecular weight is 342 g/mol. The topological polar surface area (TPSA) is 51.0 Å². The van der Waals surface area contributed by atoms with Crippen LogP contribution >= 0.6 is 0 Å². The maximum atomic E-state index is 12.7. The van der Waals surface area contributed by atoms with E-state index in [-0.39, 0.29) is 5.91 Å². The third-order valence-electron chi connectivity index (χ3n) is 4.42. The van der Waals surface area contributed by atoms with Gasteiger partial charge in [-0.05, 0) is 23.8 Å². The fourth-order valence-electron chi connectivity index (χ4n) is 3.01. The number of aromatic nitrogens is 3. The fourth-order valence-corrected chi connectivity index (χ4v) is 3.01. The first-order valence-corrected chi connectivity index (χ1v) is 8.35. The first-order chi connectivity index (χ1) is 12.6. The molecule has 5 nitrogen and oxygen atoms in total. The molecule has 2 heterocycles. The molecule has 0 bridgehead atoms. The minimum absolute atomic E-state index is 0.0914. The van der Waals surface area contributed by atoms with Gasteiger partial charge in [-0.3, -0.25) is 19.4 Å². The van der Waals surface area contributed by atoms with Crippen LogP contribution in [-0.4, -0.2) is 27.7 Å². The van der Waals surface area contributed by atoms with Crippen molar-refractivity contribution in [2.24, 2.45) is 7.05 Å². The normalized spacial score (nSPS) is 10.8. The highest BCUT2D eigenvalue weighted by Gasteiger charge is 2.15. The Labute approximate surface area is 151 Å². The van der Waals surface area contributed by atoms with Crippen molar-refractivity contribution >= 4 is 22.6 Å². The predicted octanol–water partition coefficient (Wildman–Crippen LogP) is 3.91. The van der Waals surface area contributed by atoms with Crippen molar-refractivity contribution in [1.82, 2.24) is 14.8 Å². The molecule has 0 aliphatic carbocycles. The molecular weight excluding hydrogens is 324 g/mol. The van der Waals surface area contributed by atoms with Crippen LogP contribution in [-0.2, 0) is 7.05 Å². The number of amides is 1. The Hall–Kier alpha value is -3.47. The van der Waals surface area contributed by atoms with Crippen LogP contribution in [0.1, 0.15) is 10.4 Å². The summed E-state index contributed by atoms with van der Waals surface area (Å²) in [4.78, 5) is 18.7. The Morgan fingerprint density at radius 1 is 1.00 bits per heavy atom. The molecule has 0 saturated carbocycles. The molecule has 26 heavy (non-hydrogen) atoms. The van der Waals surface area contributed by atoms with Gasteiger partial charge in [0.25, 0.3) is 5.91 Å². The van der Waals surface area contributed by atoms with Crippen molar-refractivity contribution in [3.63, 3.8) is 0 Å². The van der Waals surface area contributed by atoms with Crippen molar-refractivity contribution in [2.45, 2.75) is 0 Å². The van der Waals surface area contributed by atoms with E-state index in [0.717, 1.165) is 22.0 Å². The number of para-hydroxylation sites is 1. The van der Waals surface area contributed by atoms with Crippen LogP contribution in [0.5, 0.6) is 0 Å². The summed E-state index contributed by atoms with van der Waals surface area (Å²) in [7, 11) is 3.56. The number of nitrogens with zero attached hydrogens (tertiary/aromatic N) is 4. The van der Waals surface area contributed by atoms with Gasteiger partial charge in [-0.1, -0.05) is 36.4 Å². The summed E-state index contributed by atoms with van der Waals surface area (Å²) in [6, 6.07) is 19.5. The van der Waals surface area contributed by atoms with Gasteiger partial charge in [-0.2, -0.15) is 5.10 Å². The van der Waals surface area contributed by atoms with E-state index in [1.807, 2.05) is 73.9 Å². The summed E-state index contributed by atoms with van der Waals surface area (Å²) in [5.74, 6) is 0.533. The van der Waals surface area contributed by atoms with Crippen molar-refractivity contribution in [1.29, 1.82) is 0 Å². The van der Waals surface area contributed by atoms with Crippen molar-refractivity contribution in [3.8, 4) is 11.1 Å². The number of anilines is 1. The number of fused-ring (bicyclic) bond motifs is 1. The second-order valence-electron chi connectivity index (χ2n) is 6.17. The molecule has 0 N–H and O–H groups in total. The molecule has 1 amide bonds. The van der Waals surface area contributed by atoms with Crippen LogP contribution in [0.4, 0.5) is 5.82 Å². The Kier molecular flexibility index (Phi) is 3.97. The van der Waals surface area contributed by atoms with E-state index in [0.29, 0.717) is 11.4 Å². The van der Waals surface area contributed by atoms with Gasteiger partial charge in [0.05, 0.1) is 5.52 Å². The molecule has 4 rings (SSSR count). The predicted molar refractivity (Wildman–Crippen MR) is 103 cm³/mol. The molecule has 0 radical (unpaired) electrons. The quantitative estimate of drug-likeness (QED) is 0.567. The molecule has 5 heteroatoms. The van der Waals surface area contributed by atoms with Gasteiger partial charge in [0.1, 0.15) is 0 Å². The lowest BCUT2D eigenvalue weighted by Crippen LogP contribution is -2.26. The molecule has 4 aromatic rings. The van der Waals surface area contributed by atoms with Crippen molar-refractivity contribution < 1.29 is 4.79 Å². The second kappa shape index (κ2) is 6.44. The molecule has 0 spiro atoms. The number of carbonyl (C=O) groups excluding carboxylic acids is 1. The SMILES string of the molecule is CN(C(=O)c1ccc(-c2cccc3cccnc23)cc1)c1ccn(C)n1. The lowest BCUT2D eigenvalue weighted by atomic mass is 10.0. The first-order valence-electron chi connectivity index (χ1n) is 8.35. The standard InChI is InChI=1S/C21H18N4O/c1-24-14-12-19(23-24)25(2)21(26)17-10-8-15(9-11-17)18-7-3-5-16-6-4-13-22-20(16)18/h3-14H,1-2H3. The summed E-state index contributed by atoms with van der Waals surface area (Å²) in [5.41, 5.74) is 3.67. The number of benzene rings is 2. The zero-order valence-electron chi connectivity index (χ0n) is 14.6. The van der Waals surface area contributed by atoms with Crippen LogP contribution in [0.25, 0.3) is 22.0 Å². The molecule has 0 fully saturated rings. The Bertz CT molecular complexity index is 1080. The van der Waals surface area contributed by atoms with Gasteiger partial charge in [0.2, 0.25) is 0 Å². The summed E-state index contributed by atoms with van der Waals surface area (Å²) >= 11 is 0. The summed E-state index contributed by atoms with van der Waals surface area (Å²) in [5, 5.41) is 5.37. The first kappa shape index (κ1) is 16.0. The van der Waals surface area contributed by atoms with E-state index >= 15 is 0 Å². The van der Waals surface area contributed by atoms with Gasteiger partial charge < -0.3 is 0 Å². The molecule has 0 aliphatic heterocycles. The number of pyridine rings is 1. The van der Waals surface area contributed by atoms with E-state index in [2.05, 4.69) is 10.1 Å². The smallest absolute Gasteiger partial charge is 0.259 e. The molecule has 128 valence electrons. The maximum absolute atomic E-state index is 12.7. The van der Waals surface area contributed by atoms with E-state index in [4.69, 9.17) is 0 Å². The third kappa shape index (κ3) is 2.84. The summed E-state index contributed by atoms with van der Waals surface area (Å²) < 4.78 is 1.68. The van der Waals surface area contributed by atoms with Crippen LogP contribution in [0.3, 0.4) is 0 Å². The van der Waals surface area contributed by atoms with Gasteiger partial charge >= 0.3 is 0 Å². The minimum atomic E-state index is -0.0914. The molecule has 0 atom stereocenters. The Balaban J connectivity index is 1.65. The molecule has 0 aliphatic rings. The maximum Gasteiger partial charge on any atom is 0.259 e. The van der Waals surface area contributed by atoms with Gasteiger partial charge in [0, 0.05) is 49.1 Å². The van der Waals surface area contributed by atoms with Crippen LogP contribution in [0.15, 0.2) is 73.1 Å². The number of carbonyl (C=O) groups is 1. The third-order valence-corrected chi connectivity index (χ3v) is 4.42. The number of aryl methyl sites for hydroxylation is 1. The van der Waals surface area contributed by atoms with Gasteiger partial charge in [-0.25, -0.2) is 0 Å². The minimum Gasteiger partial charge on any atom is -0.294 e. The van der Waals surface area contributed by atoms with Crippen LogP contribution < -0.4 is 4.90 Å². The Morgan fingerprint density at radius 3 is 2.50 bits per heavy atom. The molecular formula is C21H18N4O. The lowest BCUT2D eigenvalue weighted by Gasteiger charge is -2.14. The van der Waals surface area contributed by atoms with E-state index < -0.39 is 0 Å². The monoisotopic (exact) mass is 342 g/mol. The summed E-state index contributed by atoms with van der Waals surface area (Å²) in [6.45, 7) is 0. The highest BCUT2D eigenvalue weighted by atomic mass is 16.2. The van der Waals surface area contributed by atoms with E-state index in [9.17, 15) is 4.79 Å². The van der Waals surface area contributed by atoms with Crippen LogP contribution in [0.2, 0.25) is 0 Å². The highest BCUT2D eigenvalue weighted by Crippen LogP contribution is 2.27. The highest BCUT2D eigenvalue weighted by molar-refractivity contribution is 6.05. The molecule has 2 aromatic carbocycles. The number of hydrogen-bond donors (Lipinski definition) is 0. The van der Waals surface area contributed by atoms with Gasteiger partial charge in [-0.15, -0.1) is 0 Å². The fraction of sp³-hybridized carbons (Fsp3) is 0.0952. The van der Waals surface area contributed by atoms with Gasteiger partial charge in [0.15, 0.2) is 5.82 Å². The number of rotatable bonds is 3. The second-order valence-corrected chi connectivity index (χ2v) is 6.17. The average Bonchev–Trinajstić information content (AvgIpc) is 3.13. The molecule has 2 aromatic heterocycles. The molecule has 0 unspecified atom stereocenters. The number of hydrogen-bond acceptors (Lipinski definition) is 3. The van der Waals surface area contributed by atoms with Crippen LogP contribution in [0, 0.1) is 0 Å². The Morgan fingerprint density at radius 2 is 1.77 bits per heavy atom. The summed E-state index contributed by atoms with van der Waals surface area (Å²) in [6.07, 6.45) is 3.61. The van der Waals surface area contributed by atoms with E-state index in [1.54, 1.807) is 22.8 Å². The van der Waals surface area contributed by atoms with Crippen molar-refractivity contribution in [3.05, 3.63) is 78.6 Å².